The Hall–Kier alpha value is -1.38. The highest BCUT2D eigenvalue weighted by molar-refractivity contribution is 5.78. The van der Waals surface area contributed by atoms with Crippen molar-refractivity contribution in [3.63, 3.8) is 0 Å². The Kier molecular flexibility index (Phi) is 3.22. The van der Waals surface area contributed by atoms with Crippen LogP contribution in [-0.4, -0.2) is 22.3 Å². The van der Waals surface area contributed by atoms with Gasteiger partial charge < -0.3 is 4.90 Å². The molecule has 1 atom stereocenters. The second-order valence-corrected chi connectivity index (χ2v) is 4.62. The van der Waals surface area contributed by atoms with Crippen LogP contribution in [0.4, 0.5) is 0 Å². The van der Waals surface area contributed by atoms with Crippen LogP contribution in [0.15, 0.2) is 24.5 Å². The number of nitrogens with zero attached hydrogens (tertiary/aromatic N) is 2. The third kappa shape index (κ3) is 2.08. The third-order valence-electron chi connectivity index (χ3n) is 3.12. The van der Waals surface area contributed by atoms with Crippen LogP contribution in [0.5, 0.6) is 0 Å². The van der Waals surface area contributed by atoms with Gasteiger partial charge >= 0.3 is 0 Å². The summed E-state index contributed by atoms with van der Waals surface area (Å²) >= 11 is 0. The summed E-state index contributed by atoms with van der Waals surface area (Å²) in [6.07, 6.45) is 5.77. The maximum atomic E-state index is 12.0. The van der Waals surface area contributed by atoms with E-state index in [4.69, 9.17) is 0 Å². The summed E-state index contributed by atoms with van der Waals surface area (Å²) in [6.45, 7) is 4.82. The quantitative estimate of drug-likeness (QED) is 0.763. The van der Waals surface area contributed by atoms with Crippen LogP contribution in [0, 0.1) is 5.92 Å². The van der Waals surface area contributed by atoms with E-state index in [1.165, 1.54) is 5.56 Å². The predicted molar refractivity (Wildman–Crippen MR) is 62.8 cm³/mol. The zero-order chi connectivity index (χ0) is 11.5. The molecular weight excluding hydrogens is 200 g/mol. The summed E-state index contributed by atoms with van der Waals surface area (Å²) in [5.74, 6) is 0.349. The second-order valence-electron chi connectivity index (χ2n) is 4.62. The van der Waals surface area contributed by atoms with Gasteiger partial charge in [-0.25, -0.2) is 0 Å². The number of likely N-dealkylation sites (tertiary alicyclic amines) is 1. The molecule has 1 fully saturated rings. The van der Waals surface area contributed by atoms with Crippen molar-refractivity contribution >= 4 is 5.91 Å². The Bertz CT molecular complexity index is 361. The molecule has 2 rings (SSSR count). The van der Waals surface area contributed by atoms with E-state index in [1.54, 1.807) is 12.4 Å². The topological polar surface area (TPSA) is 33.2 Å². The number of hydrogen-bond acceptors (Lipinski definition) is 2. The Labute approximate surface area is 96.5 Å². The molecule has 0 bridgehead atoms. The second kappa shape index (κ2) is 4.64. The molecule has 16 heavy (non-hydrogen) atoms. The molecule has 1 saturated heterocycles. The molecule has 0 aromatic carbocycles. The lowest BCUT2D eigenvalue weighted by Gasteiger charge is -2.26. The van der Waals surface area contributed by atoms with Crippen molar-refractivity contribution in [2.24, 2.45) is 5.92 Å². The van der Waals surface area contributed by atoms with Crippen molar-refractivity contribution in [1.82, 2.24) is 9.88 Å². The Balaban J connectivity index is 2.19. The molecule has 1 amide bonds. The first-order valence-electron chi connectivity index (χ1n) is 5.90. The van der Waals surface area contributed by atoms with Gasteiger partial charge in [-0.2, -0.15) is 0 Å². The first-order valence-corrected chi connectivity index (χ1v) is 5.90. The molecular formula is C13H18N2O. The smallest absolute Gasteiger partial charge is 0.225 e. The third-order valence-corrected chi connectivity index (χ3v) is 3.12. The summed E-state index contributed by atoms with van der Waals surface area (Å²) in [4.78, 5) is 18.1. The molecule has 0 N–H and O–H groups in total. The fourth-order valence-electron chi connectivity index (χ4n) is 2.29. The minimum absolute atomic E-state index is 0.0856. The van der Waals surface area contributed by atoms with E-state index in [2.05, 4.69) is 4.98 Å². The zero-order valence-corrected chi connectivity index (χ0v) is 9.89. The molecule has 86 valence electrons. The average molecular weight is 218 g/mol. The summed E-state index contributed by atoms with van der Waals surface area (Å²) in [7, 11) is 0. The van der Waals surface area contributed by atoms with Crippen LogP contribution < -0.4 is 0 Å². The van der Waals surface area contributed by atoms with Crippen molar-refractivity contribution in [1.29, 1.82) is 0 Å². The van der Waals surface area contributed by atoms with E-state index in [1.807, 2.05) is 30.9 Å². The molecule has 0 aliphatic carbocycles. The highest BCUT2D eigenvalue weighted by Crippen LogP contribution is 2.32. The first kappa shape index (κ1) is 11.1. The van der Waals surface area contributed by atoms with Crippen molar-refractivity contribution in [2.75, 3.05) is 6.54 Å². The zero-order valence-electron chi connectivity index (χ0n) is 9.89. The molecule has 0 unspecified atom stereocenters. The number of carbonyl (C=O) groups excluding carboxylic acids is 1. The lowest BCUT2D eigenvalue weighted by molar-refractivity contribution is -0.135. The van der Waals surface area contributed by atoms with Crippen LogP contribution in [0.3, 0.4) is 0 Å². The van der Waals surface area contributed by atoms with Crippen molar-refractivity contribution < 1.29 is 4.79 Å². The van der Waals surface area contributed by atoms with E-state index in [9.17, 15) is 4.79 Å². The minimum Gasteiger partial charge on any atom is -0.335 e. The van der Waals surface area contributed by atoms with Gasteiger partial charge in [-0.15, -0.1) is 0 Å². The Morgan fingerprint density at radius 1 is 1.44 bits per heavy atom. The molecule has 1 aromatic heterocycles. The molecule has 3 heteroatoms. The highest BCUT2D eigenvalue weighted by Gasteiger charge is 2.30. The summed E-state index contributed by atoms with van der Waals surface area (Å²) in [5, 5.41) is 0. The van der Waals surface area contributed by atoms with Gasteiger partial charge in [0.2, 0.25) is 5.91 Å². The summed E-state index contributed by atoms with van der Waals surface area (Å²) in [5.41, 5.74) is 1.21. The van der Waals surface area contributed by atoms with Gasteiger partial charge in [0.1, 0.15) is 0 Å². The fraction of sp³-hybridized carbons (Fsp3) is 0.538. The van der Waals surface area contributed by atoms with Crippen molar-refractivity contribution in [3.05, 3.63) is 30.1 Å². The van der Waals surface area contributed by atoms with E-state index in [-0.39, 0.29) is 17.9 Å². The summed E-state index contributed by atoms with van der Waals surface area (Å²) in [6, 6.07) is 4.28. The minimum atomic E-state index is 0.0856. The first-order chi connectivity index (χ1) is 7.70. The monoisotopic (exact) mass is 218 g/mol. The molecule has 1 aromatic rings. The van der Waals surface area contributed by atoms with Gasteiger partial charge in [0.05, 0.1) is 6.04 Å². The largest absolute Gasteiger partial charge is 0.335 e. The van der Waals surface area contributed by atoms with Crippen molar-refractivity contribution in [3.8, 4) is 0 Å². The highest BCUT2D eigenvalue weighted by atomic mass is 16.2. The maximum absolute atomic E-state index is 12.0. The standard InChI is InChI=1S/C13H18N2O/c1-10(2)13(16)15-9-3-4-12(15)11-5-7-14-8-6-11/h5-8,10,12H,3-4,9H2,1-2H3/t12-/m1/s1. The van der Waals surface area contributed by atoms with Gasteiger partial charge in [-0.05, 0) is 30.5 Å². The lowest BCUT2D eigenvalue weighted by Crippen LogP contribution is -2.33. The van der Waals surface area contributed by atoms with Crippen molar-refractivity contribution in [2.45, 2.75) is 32.7 Å². The molecule has 1 aliphatic heterocycles. The van der Waals surface area contributed by atoms with Gasteiger partial charge in [-0.3, -0.25) is 9.78 Å². The SMILES string of the molecule is CC(C)C(=O)N1CCC[C@@H]1c1ccncc1. The van der Waals surface area contributed by atoms with E-state index in [0.29, 0.717) is 0 Å². The average Bonchev–Trinajstić information content (AvgIpc) is 2.77. The number of carbonyl (C=O) groups is 1. The normalized spacial score (nSPS) is 20.4. The summed E-state index contributed by atoms with van der Waals surface area (Å²) < 4.78 is 0. The fourth-order valence-corrected chi connectivity index (χ4v) is 2.29. The van der Waals surface area contributed by atoms with Crippen LogP contribution in [-0.2, 0) is 4.79 Å². The van der Waals surface area contributed by atoms with E-state index < -0.39 is 0 Å². The van der Waals surface area contributed by atoms with Gasteiger partial charge in [0.15, 0.2) is 0 Å². The van der Waals surface area contributed by atoms with Gasteiger partial charge in [0, 0.05) is 24.9 Å². The van der Waals surface area contributed by atoms with E-state index >= 15 is 0 Å². The number of rotatable bonds is 2. The van der Waals surface area contributed by atoms with Crippen LogP contribution in [0.1, 0.15) is 38.3 Å². The molecule has 3 nitrogen and oxygen atoms in total. The van der Waals surface area contributed by atoms with E-state index in [0.717, 1.165) is 19.4 Å². The predicted octanol–water partition coefficient (Wildman–Crippen LogP) is 2.40. The Morgan fingerprint density at radius 2 is 2.12 bits per heavy atom. The van der Waals surface area contributed by atoms with Crippen LogP contribution in [0.2, 0.25) is 0 Å². The number of pyridine rings is 1. The molecule has 0 radical (unpaired) electrons. The molecule has 1 aliphatic rings. The molecule has 2 heterocycles. The molecule has 0 spiro atoms. The number of aromatic nitrogens is 1. The van der Waals surface area contributed by atoms with Crippen LogP contribution >= 0.6 is 0 Å². The van der Waals surface area contributed by atoms with Gasteiger partial charge in [0.25, 0.3) is 0 Å². The van der Waals surface area contributed by atoms with Crippen LogP contribution in [0.25, 0.3) is 0 Å². The van der Waals surface area contributed by atoms with Gasteiger partial charge in [-0.1, -0.05) is 13.8 Å². The Morgan fingerprint density at radius 3 is 2.75 bits per heavy atom. The lowest BCUT2D eigenvalue weighted by atomic mass is 10.1. The number of amides is 1. The maximum Gasteiger partial charge on any atom is 0.225 e. The number of hydrogen-bond donors (Lipinski definition) is 0. The molecule has 0 saturated carbocycles.